The van der Waals surface area contributed by atoms with Gasteiger partial charge in [0.05, 0.1) is 6.54 Å². The van der Waals surface area contributed by atoms with Gasteiger partial charge in [-0.25, -0.2) is 8.42 Å². The van der Waals surface area contributed by atoms with Crippen LogP contribution < -0.4 is 0 Å². The molecule has 0 saturated carbocycles. The number of aryl methyl sites for hydroxylation is 1. The van der Waals surface area contributed by atoms with Crippen LogP contribution in [0.1, 0.15) is 29.2 Å². The van der Waals surface area contributed by atoms with Gasteiger partial charge in [-0.15, -0.1) is 17.9 Å². The van der Waals surface area contributed by atoms with Crippen molar-refractivity contribution in [2.24, 2.45) is 7.05 Å². The molecule has 26 heavy (non-hydrogen) atoms. The van der Waals surface area contributed by atoms with Crippen molar-refractivity contribution in [1.82, 2.24) is 13.8 Å². The molecule has 2 aromatic rings. The van der Waals surface area contributed by atoms with Crippen molar-refractivity contribution in [3.8, 4) is 0 Å². The molecule has 0 aromatic carbocycles. The summed E-state index contributed by atoms with van der Waals surface area (Å²) in [4.78, 5) is 15.8. The fourth-order valence-electron chi connectivity index (χ4n) is 2.73. The van der Waals surface area contributed by atoms with Gasteiger partial charge in [0, 0.05) is 37.8 Å². The van der Waals surface area contributed by atoms with Crippen molar-refractivity contribution < 1.29 is 13.2 Å². The van der Waals surface area contributed by atoms with E-state index < -0.39 is 10.0 Å². The predicted octanol–water partition coefficient (Wildman–Crippen LogP) is 2.95. The molecule has 0 aliphatic rings. The topological polar surface area (TPSA) is 62.6 Å². The number of rotatable bonds is 9. The number of carbonyl (C=O) groups excluding carboxylic acids is 1. The van der Waals surface area contributed by atoms with E-state index in [1.165, 1.54) is 16.6 Å². The Morgan fingerprint density at radius 3 is 2.58 bits per heavy atom. The zero-order valence-corrected chi connectivity index (χ0v) is 17.0. The van der Waals surface area contributed by atoms with Crippen LogP contribution in [-0.4, -0.2) is 47.7 Å². The first-order valence-corrected chi connectivity index (χ1v) is 10.8. The Hall–Kier alpha value is -1.90. The summed E-state index contributed by atoms with van der Waals surface area (Å²) >= 11 is 1.58. The Morgan fingerprint density at radius 2 is 2.04 bits per heavy atom. The Bertz CT molecular complexity index is 850. The molecule has 8 heteroatoms. The number of sulfonamides is 1. The Labute approximate surface area is 159 Å². The number of nitrogens with zero attached hydrogens (tertiary/aromatic N) is 3. The molecule has 2 heterocycles. The summed E-state index contributed by atoms with van der Waals surface area (Å²) in [6.07, 6.45) is 3.17. The molecule has 0 unspecified atom stereocenters. The summed E-state index contributed by atoms with van der Waals surface area (Å²) in [6.45, 7) is 8.93. The monoisotopic (exact) mass is 395 g/mol. The molecular weight excluding hydrogens is 370 g/mol. The molecule has 0 N–H and O–H groups in total. The Kier molecular flexibility index (Phi) is 6.80. The number of aromatic nitrogens is 1. The quantitative estimate of drug-likeness (QED) is 0.613. The zero-order chi connectivity index (χ0) is 19.3. The highest BCUT2D eigenvalue weighted by molar-refractivity contribution is 7.89. The molecule has 0 bridgehead atoms. The molecule has 0 saturated heterocycles. The molecule has 0 radical (unpaired) electrons. The van der Waals surface area contributed by atoms with Crippen LogP contribution in [0.15, 0.2) is 47.3 Å². The van der Waals surface area contributed by atoms with E-state index in [9.17, 15) is 13.2 Å². The third-order valence-electron chi connectivity index (χ3n) is 4.11. The standard InChI is InChI=1S/C18H25N3O3S2/c1-5-10-20(13-15-9-8-11-25-15)18(22)17-12-16(14-19(17)4)26(23,24)21(6-2)7-3/h5,8-9,11-12,14H,1,6-7,10,13H2,2-4H3. The van der Waals surface area contributed by atoms with Gasteiger partial charge < -0.3 is 9.47 Å². The summed E-state index contributed by atoms with van der Waals surface area (Å²) < 4.78 is 28.4. The lowest BCUT2D eigenvalue weighted by atomic mass is 10.3. The van der Waals surface area contributed by atoms with Crippen LogP contribution in [-0.2, 0) is 23.6 Å². The maximum Gasteiger partial charge on any atom is 0.271 e. The highest BCUT2D eigenvalue weighted by Crippen LogP contribution is 2.21. The molecule has 2 rings (SSSR count). The van der Waals surface area contributed by atoms with Crippen LogP contribution in [0.3, 0.4) is 0 Å². The summed E-state index contributed by atoms with van der Waals surface area (Å²) in [7, 11) is -1.91. The SMILES string of the molecule is C=CCN(Cc1cccs1)C(=O)c1cc(S(=O)(=O)N(CC)CC)cn1C. The summed E-state index contributed by atoms with van der Waals surface area (Å²) in [6, 6.07) is 5.36. The van der Waals surface area contributed by atoms with Crippen molar-refractivity contribution in [1.29, 1.82) is 0 Å². The van der Waals surface area contributed by atoms with Gasteiger partial charge in [-0.3, -0.25) is 4.79 Å². The number of hydrogen-bond acceptors (Lipinski definition) is 4. The van der Waals surface area contributed by atoms with E-state index >= 15 is 0 Å². The van der Waals surface area contributed by atoms with Gasteiger partial charge in [0.15, 0.2) is 0 Å². The van der Waals surface area contributed by atoms with E-state index in [1.54, 1.807) is 47.8 Å². The van der Waals surface area contributed by atoms with Gasteiger partial charge in [0.2, 0.25) is 10.0 Å². The van der Waals surface area contributed by atoms with Crippen molar-refractivity contribution in [2.45, 2.75) is 25.3 Å². The Balaban J connectivity index is 2.33. The number of hydrogen-bond donors (Lipinski definition) is 0. The zero-order valence-electron chi connectivity index (χ0n) is 15.4. The van der Waals surface area contributed by atoms with E-state index in [-0.39, 0.29) is 10.8 Å². The summed E-state index contributed by atoms with van der Waals surface area (Å²) in [5, 5.41) is 1.96. The van der Waals surface area contributed by atoms with Crippen molar-refractivity contribution in [3.05, 3.63) is 53.0 Å². The largest absolute Gasteiger partial charge is 0.345 e. The van der Waals surface area contributed by atoms with Crippen LogP contribution in [0.5, 0.6) is 0 Å². The van der Waals surface area contributed by atoms with E-state index in [2.05, 4.69) is 6.58 Å². The average Bonchev–Trinajstić information content (AvgIpc) is 3.24. The van der Waals surface area contributed by atoms with Gasteiger partial charge in [0.25, 0.3) is 5.91 Å². The molecule has 0 fully saturated rings. The molecule has 2 aromatic heterocycles. The molecule has 0 spiro atoms. The fraction of sp³-hybridized carbons (Fsp3) is 0.389. The van der Waals surface area contributed by atoms with Gasteiger partial charge in [0.1, 0.15) is 10.6 Å². The van der Waals surface area contributed by atoms with E-state index in [0.29, 0.717) is 31.9 Å². The molecule has 0 aliphatic carbocycles. The van der Waals surface area contributed by atoms with Crippen LogP contribution >= 0.6 is 11.3 Å². The summed E-state index contributed by atoms with van der Waals surface area (Å²) in [5.41, 5.74) is 0.342. The number of carbonyl (C=O) groups is 1. The highest BCUT2D eigenvalue weighted by Gasteiger charge is 2.27. The van der Waals surface area contributed by atoms with E-state index in [1.807, 2.05) is 17.5 Å². The second-order valence-corrected chi connectivity index (χ2v) is 8.79. The molecule has 0 atom stereocenters. The minimum Gasteiger partial charge on any atom is -0.345 e. The van der Waals surface area contributed by atoms with E-state index in [4.69, 9.17) is 0 Å². The maximum absolute atomic E-state index is 13.0. The van der Waals surface area contributed by atoms with Crippen LogP contribution in [0.2, 0.25) is 0 Å². The van der Waals surface area contributed by atoms with Gasteiger partial charge >= 0.3 is 0 Å². The molecule has 6 nitrogen and oxygen atoms in total. The second kappa shape index (κ2) is 8.66. The molecule has 142 valence electrons. The van der Waals surface area contributed by atoms with Crippen LogP contribution in [0.25, 0.3) is 0 Å². The molecule has 1 amide bonds. The number of thiophene rings is 1. The third-order valence-corrected chi connectivity index (χ3v) is 6.98. The average molecular weight is 396 g/mol. The number of amides is 1. The first kappa shape index (κ1) is 20.4. The first-order valence-electron chi connectivity index (χ1n) is 8.44. The smallest absolute Gasteiger partial charge is 0.271 e. The van der Waals surface area contributed by atoms with Gasteiger partial charge in [-0.1, -0.05) is 26.0 Å². The third kappa shape index (κ3) is 4.25. The minimum atomic E-state index is -3.60. The van der Waals surface area contributed by atoms with Gasteiger partial charge in [-0.2, -0.15) is 4.31 Å². The van der Waals surface area contributed by atoms with Crippen molar-refractivity contribution in [3.63, 3.8) is 0 Å². The van der Waals surface area contributed by atoms with Gasteiger partial charge in [-0.05, 0) is 17.5 Å². The van der Waals surface area contributed by atoms with E-state index in [0.717, 1.165) is 4.88 Å². The highest BCUT2D eigenvalue weighted by atomic mass is 32.2. The van der Waals surface area contributed by atoms with Crippen molar-refractivity contribution in [2.75, 3.05) is 19.6 Å². The van der Waals surface area contributed by atoms with Crippen LogP contribution in [0.4, 0.5) is 0 Å². The lowest BCUT2D eigenvalue weighted by Gasteiger charge is -2.20. The lowest BCUT2D eigenvalue weighted by molar-refractivity contribution is 0.0754. The normalized spacial score (nSPS) is 11.7. The second-order valence-electron chi connectivity index (χ2n) is 5.81. The minimum absolute atomic E-state index is 0.140. The molecular formula is C18H25N3O3S2. The summed E-state index contributed by atoms with van der Waals surface area (Å²) in [5.74, 6) is -0.221. The van der Waals surface area contributed by atoms with Crippen molar-refractivity contribution >= 4 is 27.3 Å². The lowest BCUT2D eigenvalue weighted by Crippen LogP contribution is -2.31. The predicted molar refractivity (Wildman–Crippen MR) is 105 cm³/mol. The van der Waals surface area contributed by atoms with Crippen LogP contribution in [0, 0.1) is 0 Å². The maximum atomic E-state index is 13.0. The molecule has 0 aliphatic heterocycles. The fourth-order valence-corrected chi connectivity index (χ4v) is 4.98. The Morgan fingerprint density at radius 1 is 1.35 bits per heavy atom. The first-order chi connectivity index (χ1) is 12.3.